The fourth-order valence-electron chi connectivity index (χ4n) is 3.97. The van der Waals surface area contributed by atoms with E-state index in [2.05, 4.69) is 48.2 Å². The topological polar surface area (TPSA) is 23.5 Å². The van der Waals surface area contributed by atoms with Crippen LogP contribution in [0.5, 0.6) is 5.75 Å². The van der Waals surface area contributed by atoms with Gasteiger partial charge in [0.05, 0.1) is 0 Å². The molecular formula is C22H29NO. The van der Waals surface area contributed by atoms with Crippen LogP contribution < -0.4 is 0 Å². The van der Waals surface area contributed by atoms with Gasteiger partial charge in [-0.05, 0) is 74.4 Å². The molecule has 3 rings (SSSR count). The van der Waals surface area contributed by atoms with Crippen LogP contribution in [0.3, 0.4) is 0 Å². The Morgan fingerprint density at radius 3 is 2.67 bits per heavy atom. The van der Waals surface area contributed by atoms with Gasteiger partial charge in [-0.1, -0.05) is 49.4 Å². The minimum atomic E-state index is 0.483. The van der Waals surface area contributed by atoms with Gasteiger partial charge in [-0.25, -0.2) is 0 Å². The summed E-state index contributed by atoms with van der Waals surface area (Å²) in [5.41, 5.74) is 3.96. The molecule has 2 nitrogen and oxygen atoms in total. The standard InChI is InChI=1S/C22H29NO/c1-2-15-23(16-7-10-18-8-4-3-5-9-18)20-13-14-21-19(17-20)11-6-12-22(21)24/h3-6,8-9,11-12,20,24H,2,7,10,13-17H2,1H3. The van der Waals surface area contributed by atoms with Gasteiger partial charge in [-0.2, -0.15) is 0 Å². The van der Waals surface area contributed by atoms with E-state index in [0.29, 0.717) is 11.8 Å². The Kier molecular flexibility index (Phi) is 5.92. The Hall–Kier alpha value is -1.80. The number of aryl methyl sites for hydroxylation is 1. The van der Waals surface area contributed by atoms with Crippen LogP contribution in [0.15, 0.2) is 48.5 Å². The Balaban J connectivity index is 1.59. The number of hydrogen-bond donors (Lipinski definition) is 1. The molecule has 0 heterocycles. The van der Waals surface area contributed by atoms with Crippen molar-refractivity contribution in [3.05, 3.63) is 65.2 Å². The van der Waals surface area contributed by atoms with Gasteiger partial charge in [0.1, 0.15) is 5.75 Å². The number of benzene rings is 2. The number of nitrogens with zero attached hydrogens (tertiary/aromatic N) is 1. The van der Waals surface area contributed by atoms with Gasteiger partial charge in [0.25, 0.3) is 0 Å². The van der Waals surface area contributed by atoms with E-state index in [4.69, 9.17) is 0 Å². The van der Waals surface area contributed by atoms with Crippen molar-refractivity contribution < 1.29 is 5.11 Å². The van der Waals surface area contributed by atoms with Crippen LogP contribution in [-0.2, 0) is 19.3 Å². The van der Waals surface area contributed by atoms with E-state index in [0.717, 1.165) is 25.7 Å². The lowest BCUT2D eigenvalue weighted by Crippen LogP contribution is -2.40. The molecule has 1 N–H and O–H groups in total. The molecule has 0 bridgehead atoms. The van der Waals surface area contributed by atoms with Gasteiger partial charge in [-0.3, -0.25) is 0 Å². The monoisotopic (exact) mass is 323 g/mol. The first-order valence-electron chi connectivity index (χ1n) is 9.35. The van der Waals surface area contributed by atoms with Gasteiger partial charge < -0.3 is 10.0 Å². The van der Waals surface area contributed by atoms with Crippen molar-refractivity contribution in [3.8, 4) is 5.75 Å². The van der Waals surface area contributed by atoms with E-state index >= 15 is 0 Å². The molecule has 0 fully saturated rings. The van der Waals surface area contributed by atoms with Crippen molar-refractivity contribution in [2.24, 2.45) is 0 Å². The van der Waals surface area contributed by atoms with Crippen molar-refractivity contribution in [2.45, 2.75) is 51.5 Å². The molecular weight excluding hydrogens is 294 g/mol. The number of phenolic OH excluding ortho intramolecular Hbond substituents is 1. The Bertz CT molecular complexity index is 638. The number of rotatable bonds is 7. The van der Waals surface area contributed by atoms with Gasteiger partial charge in [0.2, 0.25) is 0 Å². The maximum atomic E-state index is 10.0. The van der Waals surface area contributed by atoms with Crippen LogP contribution in [0, 0.1) is 0 Å². The van der Waals surface area contributed by atoms with E-state index in [1.807, 2.05) is 12.1 Å². The molecule has 0 spiro atoms. The zero-order chi connectivity index (χ0) is 16.8. The van der Waals surface area contributed by atoms with Gasteiger partial charge in [0, 0.05) is 6.04 Å². The molecule has 2 aromatic rings. The van der Waals surface area contributed by atoms with Crippen LogP contribution in [0.25, 0.3) is 0 Å². The zero-order valence-corrected chi connectivity index (χ0v) is 14.7. The zero-order valence-electron chi connectivity index (χ0n) is 14.7. The Morgan fingerprint density at radius 2 is 1.88 bits per heavy atom. The fraction of sp³-hybridized carbons (Fsp3) is 0.455. The minimum absolute atomic E-state index is 0.483. The molecule has 2 aromatic carbocycles. The number of hydrogen-bond acceptors (Lipinski definition) is 2. The van der Waals surface area contributed by atoms with Crippen LogP contribution >= 0.6 is 0 Å². The molecule has 24 heavy (non-hydrogen) atoms. The van der Waals surface area contributed by atoms with Crippen molar-refractivity contribution in [1.82, 2.24) is 4.90 Å². The average Bonchev–Trinajstić information content (AvgIpc) is 2.62. The molecule has 1 unspecified atom stereocenters. The highest BCUT2D eigenvalue weighted by Crippen LogP contribution is 2.30. The maximum absolute atomic E-state index is 10.0. The van der Waals surface area contributed by atoms with E-state index < -0.39 is 0 Å². The summed E-state index contributed by atoms with van der Waals surface area (Å²) in [7, 11) is 0. The van der Waals surface area contributed by atoms with E-state index in [-0.39, 0.29) is 0 Å². The van der Waals surface area contributed by atoms with Crippen LogP contribution in [0.2, 0.25) is 0 Å². The molecule has 0 aromatic heterocycles. The average molecular weight is 323 g/mol. The second-order valence-corrected chi connectivity index (χ2v) is 6.94. The maximum Gasteiger partial charge on any atom is 0.119 e. The highest BCUT2D eigenvalue weighted by Gasteiger charge is 2.24. The van der Waals surface area contributed by atoms with Gasteiger partial charge in [0.15, 0.2) is 0 Å². The summed E-state index contributed by atoms with van der Waals surface area (Å²) in [4.78, 5) is 2.68. The minimum Gasteiger partial charge on any atom is -0.508 e. The molecule has 0 saturated carbocycles. The van der Waals surface area contributed by atoms with Crippen LogP contribution in [0.4, 0.5) is 0 Å². The molecule has 0 saturated heterocycles. The Morgan fingerprint density at radius 1 is 1.04 bits per heavy atom. The third-order valence-corrected chi connectivity index (χ3v) is 5.21. The third-order valence-electron chi connectivity index (χ3n) is 5.21. The summed E-state index contributed by atoms with van der Waals surface area (Å²) < 4.78 is 0. The van der Waals surface area contributed by atoms with Gasteiger partial charge in [-0.15, -0.1) is 0 Å². The predicted molar refractivity (Wildman–Crippen MR) is 101 cm³/mol. The first-order chi connectivity index (χ1) is 11.8. The summed E-state index contributed by atoms with van der Waals surface area (Å²) in [6, 6.07) is 17.4. The van der Waals surface area contributed by atoms with E-state index in [1.165, 1.54) is 42.6 Å². The SMILES string of the molecule is CCCN(CCCc1ccccc1)C1CCc2c(O)cccc2C1. The summed E-state index contributed by atoms with van der Waals surface area (Å²) in [5.74, 6) is 0.483. The Labute approximate surface area is 146 Å². The lowest BCUT2D eigenvalue weighted by Gasteiger charge is -2.35. The summed E-state index contributed by atoms with van der Waals surface area (Å²) >= 11 is 0. The first-order valence-corrected chi connectivity index (χ1v) is 9.35. The quantitative estimate of drug-likeness (QED) is 0.805. The largest absolute Gasteiger partial charge is 0.508 e. The van der Waals surface area contributed by atoms with Crippen molar-refractivity contribution >= 4 is 0 Å². The van der Waals surface area contributed by atoms with Crippen molar-refractivity contribution in [2.75, 3.05) is 13.1 Å². The lowest BCUT2D eigenvalue weighted by molar-refractivity contribution is 0.177. The van der Waals surface area contributed by atoms with Crippen LogP contribution in [0.1, 0.15) is 42.9 Å². The number of aromatic hydroxyl groups is 1. The number of fused-ring (bicyclic) bond motifs is 1. The molecule has 0 aliphatic heterocycles. The second-order valence-electron chi connectivity index (χ2n) is 6.94. The fourth-order valence-corrected chi connectivity index (χ4v) is 3.97. The second kappa shape index (κ2) is 8.34. The molecule has 0 radical (unpaired) electrons. The molecule has 1 aliphatic carbocycles. The molecule has 0 amide bonds. The summed E-state index contributed by atoms with van der Waals surface area (Å²) in [5, 5.41) is 10.0. The smallest absolute Gasteiger partial charge is 0.119 e. The first kappa shape index (κ1) is 17.0. The molecule has 128 valence electrons. The normalized spacial score (nSPS) is 17.0. The molecule has 2 heteroatoms. The number of phenols is 1. The lowest BCUT2D eigenvalue weighted by atomic mass is 9.86. The summed E-state index contributed by atoms with van der Waals surface area (Å²) in [6.45, 7) is 4.61. The predicted octanol–water partition coefficient (Wildman–Crippen LogP) is 4.59. The highest BCUT2D eigenvalue weighted by atomic mass is 16.3. The highest BCUT2D eigenvalue weighted by molar-refractivity contribution is 5.41. The molecule has 1 atom stereocenters. The van der Waals surface area contributed by atoms with E-state index in [1.54, 1.807) is 0 Å². The van der Waals surface area contributed by atoms with Crippen LogP contribution in [-0.4, -0.2) is 29.1 Å². The molecule has 1 aliphatic rings. The third kappa shape index (κ3) is 4.18. The van der Waals surface area contributed by atoms with Crippen molar-refractivity contribution in [1.29, 1.82) is 0 Å². The summed E-state index contributed by atoms with van der Waals surface area (Å²) in [6.07, 6.45) is 6.82. The van der Waals surface area contributed by atoms with Crippen molar-refractivity contribution in [3.63, 3.8) is 0 Å². The van der Waals surface area contributed by atoms with E-state index in [9.17, 15) is 5.11 Å². The van der Waals surface area contributed by atoms with Gasteiger partial charge >= 0.3 is 0 Å².